The molecule has 2 heterocycles. The lowest BCUT2D eigenvalue weighted by molar-refractivity contribution is -0.117. The third-order valence-corrected chi connectivity index (χ3v) is 2.93. The Labute approximate surface area is 125 Å². The number of nitrogens with one attached hydrogen (secondary N) is 1. The maximum absolute atomic E-state index is 11.9. The van der Waals surface area contributed by atoms with Gasteiger partial charge in [0.05, 0.1) is 5.69 Å². The number of amides is 1. The molecular weight excluding hydrogens is 284 g/mol. The molecule has 0 radical (unpaired) electrons. The first kappa shape index (κ1) is 13.7. The summed E-state index contributed by atoms with van der Waals surface area (Å²) < 4.78 is 5.73. The van der Waals surface area contributed by atoms with Gasteiger partial charge in [-0.25, -0.2) is 4.68 Å². The molecule has 0 fully saturated rings. The molecule has 22 heavy (non-hydrogen) atoms. The molecule has 0 aliphatic rings. The highest BCUT2D eigenvalue weighted by Crippen LogP contribution is 2.13. The van der Waals surface area contributed by atoms with Gasteiger partial charge in [-0.1, -0.05) is 35.5 Å². The Bertz CT molecular complexity index is 826. The van der Waals surface area contributed by atoms with E-state index in [9.17, 15) is 9.59 Å². The van der Waals surface area contributed by atoms with Gasteiger partial charge in [0.1, 0.15) is 12.8 Å². The van der Waals surface area contributed by atoms with E-state index in [1.165, 1.54) is 18.4 Å². The molecule has 0 aliphatic heterocycles. The number of hydrogen-bond acceptors (Lipinski definition) is 5. The van der Waals surface area contributed by atoms with E-state index in [4.69, 9.17) is 0 Å². The van der Waals surface area contributed by atoms with Crippen molar-refractivity contribution in [1.82, 2.24) is 14.9 Å². The van der Waals surface area contributed by atoms with Crippen LogP contribution in [0.3, 0.4) is 0 Å². The van der Waals surface area contributed by atoms with Gasteiger partial charge >= 0.3 is 0 Å². The van der Waals surface area contributed by atoms with Crippen molar-refractivity contribution >= 4 is 11.7 Å². The third kappa shape index (κ3) is 3.09. The second-order valence-electron chi connectivity index (χ2n) is 4.51. The van der Waals surface area contributed by atoms with E-state index in [0.717, 1.165) is 10.2 Å². The number of aromatic nitrogens is 3. The quantitative estimate of drug-likeness (QED) is 0.788. The molecule has 3 aromatic rings. The highest BCUT2D eigenvalue weighted by Gasteiger charge is 2.09. The Kier molecular flexibility index (Phi) is 3.78. The second kappa shape index (κ2) is 6.04. The SMILES string of the molecule is O=C(Cn1nc(-c2ccccc2)ccc1=O)Nc1ccon1. The average molecular weight is 296 g/mol. The third-order valence-electron chi connectivity index (χ3n) is 2.93. The molecule has 1 aromatic carbocycles. The molecular formula is C15H12N4O3. The van der Waals surface area contributed by atoms with Crippen LogP contribution in [0.25, 0.3) is 11.3 Å². The Morgan fingerprint density at radius 3 is 2.68 bits per heavy atom. The van der Waals surface area contributed by atoms with Crippen molar-refractivity contribution in [3.63, 3.8) is 0 Å². The fraction of sp³-hybridized carbons (Fsp3) is 0.0667. The van der Waals surface area contributed by atoms with E-state index >= 15 is 0 Å². The standard InChI is InChI=1S/C15H12N4O3/c20-14(16-13-8-9-22-18-13)10-19-15(21)7-6-12(17-19)11-4-2-1-3-5-11/h1-9H,10H2,(H,16,18,20). The topological polar surface area (TPSA) is 90.0 Å². The molecule has 110 valence electrons. The summed E-state index contributed by atoms with van der Waals surface area (Å²) in [5.74, 6) is -0.119. The van der Waals surface area contributed by atoms with Gasteiger partial charge in [-0.2, -0.15) is 5.10 Å². The highest BCUT2D eigenvalue weighted by atomic mass is 16.5. The molecule has 1 N–H and O–H groups in total. The first-order valence-electron chi connectivity index (χ1n) is 6.56. The molecule has 7 nitrogen and oxygen atoms in total. The first-order chi connectivity index (χ1) is 10.7. The van der Waals surface area contributed by atoms with E-state index in [2.05, 4.69) is 20.1 Å². The molecule has 7 heteroatoms. The summed E-state index contributed by atoms with van der Waals surface area (Å²) in [6, 6.07) is 13.9. The van der Waals surface area contributed by atoms with Crippen molar-refractivity contribution in [2.24, 2.45) is 0 Å². The van der Waals surface area contributed by atoms with Crippen LogP contribution >= 0.6 is 0 Å². The summed E-state index contributed by atoms with van der Waals surface area (Å²) in [6.45, 7) is -0.202. The second-order valence-corrected chi connectivity index (χ2v) is 4.51. The molecule has 2 aromatic heterocycles. The van der Waals surface area contributed by atoms with E-state index in [1.54, 1.807) is 6.07 Å². The molecule has 0 spiro atoms. The summed E-state index contributed by atoms with van der Waals surface area (Å²) in [4.78, 5) is 23.7. The average Bonchev–Trinajstić information content (AvgIpc) is 3.03. The van der Waals surface area contributed by atoms with Crippen LogP contribution in [0.15, 0.2) is 64.1 Å². The van der Waals surface area contributed by atoms with E-state index in [-0.39, 0.29) is 17.9 Å². The van der Waals surface area contributed by atoms with Crippen molar-refractivity contribution in [2.45, 2.75) is 6.54 Å². The van der Waals surface area contributed by atoms with Crippen molar-refractivity contribution in [2.75, 3.05) is 5.32 Å². The van der Waals surface area contributed by atoms with Crippen LogP contribution in [-0.2, 0) is 11.3 Å². The number of carbonyl (C=O) groups is 1. The Morgan fingerprint density at radius 1 is 1.14 bits per heavy atom. The Morgan fingerprint density at radius 2 is 1.95 bits per heavy atom. The van der Waals surface area contributed by atoms with Crippen molar-refractivity contribution < 1.29 is 9.32 Å². The molecule has 0 bridgehead atoms. The highest BCUT2D eigenvalue weighted by molar-refractivity contribution is 5.89. The lowest BCUT2D eigenvalue weighted by Gasteiger charge is -2.06. The maximum Gasteiger partial charge on any atom is 0.267 e. The zero-order valence-electron chi connectivity index (χ0n) is 11.5. The first-order valence-corrected chi connectivity index (χ1v) is 6.56. The van der Waals surface area contributed by atoms with Crippen LogP contribution in [0.4, 0.5) is 5.82 Å². The van der Waals surface area contributed by atoms with E-state index < -0.39 is 5.91 Å². The van der Waals surface area contributed by atoms with Crippen molar-refractivity contribution in [1.29, 1.82) is 0 Å². The molecule has 0 saturated carbocycles. The predicted molar refractivity (Wildman–Crippen MR) is 79.1 cm³/mol. The molecule has 0 atom stereocenters. The van der Waals surface area contributed by atoms with E-state index in [1.807, 2.05) is 30.3 Å². The van der Waals surface area contributed by atoms with Crippen LogP contribution in [-0.4, -0.2) is 20.8 Å². The van der Waals surface area contributed by atoms with Gasteiger partial charge in [-0.3, -0.25) is 9.59 Å². The number of rotatable bonds is 4. The zero-order chi connectivity index (χ0) is 15.4. The summed E-state index contributed by atoms with van der Waals surface area (Å²) in [5.41, 5.74) is 1.14. The maximum atomic E-state index is 11.9. The number of hydrogen-bond donors (Lipinski definition) is 1. The van der Waals surface area contributed by atoms with Gasteiger partial charge in [0.25, 0.3) is 5.56 Å². The monoisotopic (exact) mass is 296 g/mol. The molecule has 0 unspecified atom stereocenters. The van der Waals surface area contributed by atoms with Gasteiger partial charge in [0.2, 0.25) is 5.91 Å². The fourth-order valence-electron chi connectivity index (χ4n) is 1.92. The number of benzene rings is 1. The fourth-order valence-corrected chi connectivity index (χ4v) is 1.92. The lowest BCUT2D eigenvalue weighted by Crippen LogP contribution is -2.29. The van der Waals surface area contributed by atoms with Gasteiger partial charge in [-0.05, 0) is 6.07 Å². The predicted octanol–water partition coefficient (Wildman–Crippen LogP) is 1.54. The lowest BCUT2D eigenvalue weighted by atomic mass is 10.1. The summed E-state index contributed by atoms with van der Waals surface area (Å²) in [7, 11) is 0. The number of nitrogens with zero attached hydrogens (tertiary/aromatic N) is 3. The van der Waals surface area contributed by atoms with Crippen LogP contribution in [0.1, 0.15) is 0 Å². The van der Waals surface area contributed by atoms with Crippen molar-refractivity contribution in [3.8, 4) is 11.3 Å². The summed E-state index contributed by atoms with van der Waals surface area (Å²) in [5, 5.41) is 10.3. The number of carbonyl (C=O) groups excluding carboxylic acids is 1. The van der Waals surface area contributed by atoms with Crippen LogP contribution in [0, 0.1) is 0 Å². The van der Waals surface area contributed by atoms with Crippen molar-refractivity contribution in [3.05, 3.63) is 65.1 Å². The smallest absolute Gasteiger partial charge is 0.267 e. The molecule has 0 aliphatic carbocycles. The molecule has 0 saturated heterocycles. The minimum Gasteiger partial charge on any atom is -0.363 e. The summed E-state index contributed by atoms with van der Waals surface area (Å²) >= 11 is 0. The van der Waals surface area contributed by atoms with Crippen LogP contribution < -0.4 is 10.9 Å². The largest absolute Gasteiger partial charge is 0.363 e. The minimum absolute atomic E-state index is 0.202. The van der Waals surface area contributed by atoms with Gasteiger partial charge < -0.3 is 9.84 Å². The molecule has 3 rings (SSSR count). The summed E-state index contributed by atoms with van der Waals surface area (Å²) in [6.07, 6.45) is 1.34. The zero-order valence-corrected chi connectivity index (χ0v) is 11.5. The minimum atomic E-state index is -0.409. The molecule has 1 amide bonds. The number of anilines is 1. The van der Waals surface area contributed by atoms with Gasteiger partial charge in [0, 0.05) is 17.7 Å². The Balaban J connectivity index is 1.81. The van der Waals surface area contributed by atoms with E-state index in [0.29, 0.717) is 5.69 Å². The Hall–Kier alpha value is -3.22. The normalized spacial score (nSPS) is 10.4. The van der Waals surface area contributed by atoms with Gasteiger partial charge in [-0.15, -0.1) is 0 Å². The van der Waals surface area contributed by atoms with Crippen LogP contribution in [0.2, 0.25) is 0 Å². The van der Waals surface area contributed by atoms with Gasteiger partial charge in [0.15, 0.2) is 5.82 Å². The van der Waals surface area contributed by atoms with Crippen LogP contribution in [0.5, 0.6) is 0 Å².